The highest BCUT2D eigenvalue weighted by atomic mass is 16.6. The molecule has 1 heterocycles. The van der Waals surface area contributed by atoms with Gasteiger partial charge in [-0.2, -0.15) is 0 Å². The van der Waals surface area contributed by atoms with Crippen molar-refractivity contribution in [3.8, 4) is 11.1 Å². The number of benzene rings is 4. The van der Waals surface area contributed by atoms with E-state index >= 15 is 0 Å². The summed E-state index contributed by atoms with van der Waals surface area (Å²) in [6.07, 6.45) is 2.59. The van der Waals surface area contributed by atoms with E-state index in [9.17, 15) is 14.4 Å². The van der Waals surface area contributed by atoms with Gasteiger partial charge in [-0.1, -0.05) is 91.0 Å². The summed E-state index contributed by atoms with van der Waals surface area (Å²) in [5.41, 5.74) is 6.19. The maximum Gasteiger partial charge on any atom is 0.411 e. The van der Waals surface area contributed by atoms with Crippen LogP contribution in [0.2, 0.25) is 0 Å². The van der Waals surface area contributed by atoms with Gasteiger partial charge in [0, 0.05) is 54.9 Å². The van der Waals surface area contributed by atoms with Gasteiger partial charge in [-0.25, -0.2) is 4.79 Å². The summed E-state index contributed by atoms with van der Waals surface area (Å²) in [4.78, 5) is 39.1. The smallest absolute Gasteiger partial charge is 0.411 e. The van der Waals surface area contributed by atoms with Crippen molar-refractivity contribution in [2.45, 2.75) is 38.5 Å². The van der Waals surface area contributed by atoms with Crippen molar-refractivity contribution in [1.29, 1.82) is 0 Å². The summed E-state index contributed by atoms with van der Waals surface area (Å²) in [5, 5.41) is 5.92. The number of quaternary nitrogens is 1. The number of amides is 2. The minimum Gasteiger partial charge on any atom is -0.446 e. The molecule has 4 aromatic rings. The van der Waals surface area contributed by atoms with Gasteiger partial charge in [0.1, 0.15) is 12.6 Å². The lowest BCUT2D eigenvalue weighted by Gasteiger charge is -2.33. The Labute approximate surface area is 277 Å². The van der Waals surface area contributed by atoms with Gasteiger partial charge in [0.2, 0.25) is 0 Å². The predicted molar refractivity (Wildman–Crippen MR) is 186 cm³/mol. The lowest BCUT2D eigenvalue weighted by molar-refractivity contribution is -0.903. The van der Waals surface area contributed by atoms with Crippen molar-refractivity contribution >= 4 is 24.0 Å². The minimum atomic E-state index is -0.414. The zero-order valence-corrected chi connectivity index (χ0v) is 27.4. The van der Waals surface area contributed by atoms with E-state index in [0.29, 0.717) is 17.7 Å². The summed E-state index contributed by atoms with van der Waals surface area (Å²) >= 11 is 0. The predicted octanol–water partition coefficient (Wildman–Crippen LogP) is 6.78. The molecule has 1 saturated heterocycles. The molecule has 0 aromatic heterocycles. The number of carbonyl (C=O) groups excluding carboxylic acids is 3. The Morgan fingerprint density at radius 1 is 0.851 bits per heavy atom. The van der Waals surface area contributed by atoms with Gasteiger partial charge in [0.05, 0.1) is 26.3 Å². The van der Waals surface area contributed by atoms with Crippen LogP contribution in [0.4, 0.5) is 10.5 Å². The Balaban J connectivity index is 1.07. The second-order valence-corrected chi connectivity index (χ2v) is 12.8. The van der Waals surface area contributed by atoms with Gasteiger partial charge in [0.15, 0.2) is 6.29 Å². The third-order valence-electron chi connectivity index (χ3n) is 8.73. The number of para-hydroxylation sites is 1. The summed E-state index contributed by atoms with van der Waals surface area (Å²) in [5.74, 6) is -0.216. The summed E-state index contributed by atoms with van der Waals surface area (Å²) in [7, 11) is 4.43. The van der Waals surface area contributed by atoms with Crippen LogP contribution in [0.5, 0.6) is 0 Å². The SMILES string of the molecule is C[N+](C)(CCCNC(=O)c1ccccc1C=O)Cc1ccccc1CN1CCC(OC(=O)Nc2ccccc2-c2ccccc2)CC1. The second kappa shape index (κ2) is 16.2. The molecule has 8 heteroatoms. The minimum absolute atomic E-state index is 0.117. The van der Waals surface area contributed by atoms with Crippen molar-refractivity contribution in [2.75, 3.05) is 45.6 Å². The number of carbonyl (C=O) groups is 3. The van der Waals surface area contributed by atoms with E-state index < -0.39 is 6.09 Å². The van der Waals surface area contributed by atoms with Gasteiger partial charge in [0.25, 0.3) is 5.91 Å². The number of ether oxygens (including phenoxy) is 1. The molecular weight excluding hydrogens is 588 g/mol. The number of nitrogens with zero attached hydrogens (tertiary/aromatic N) is 2. The molecule has 0 unspecified atom stereocenters. The lowest BCUT2D eigenvalue weighted by atomic mass is 10.0. The fourth-order valence-electron chi connectivity index (χ4n) is 6.20. The molecule has 2 N–H and O–H groups in total. The molecule has 1 fully saturated rings. The van der Waals surface area contributed by atoms with E-state index in [0.717, 1.165) is 79.6 Å². The van der Waals surface area contributed by atoms with Crippen LogP contribution in [-0.2, 0) is 17.8 Å². The average Bonchev–Trinajstić information content (AvgIpc) is 3.09. The summed E-state index contributed by atoms with van der Waals surface area (Å²) in [6.45, 7) is 4.89. The number of hydrogen-bond donors (Lipinski definition) is 2. The molecule has 4 aromatic carbocycles. The Kier molecular flexibility index (Phi) is 11.5. The lowest BCUT2D eigenvalue weighted by Crippen LogP contribution is -2.42. The first-order chi connectivity index (χ1) is 22.8. The van der Waals surface area contributed by atoms with E-state index in [1.54, 1.807) is 24.3 Å². The van der Waals surface area contributed by atoms with Gasteiger partial charge in [-0.05, 0) is 36.1 Å². The van der Waals surface area contributed by atoms with Crippen molar-refractivity contribution in [3.05, 3.63) is 125 Å². The average molecular weight is 634 g/mol. The number of piperidine rings is 1. The molecule has 0 bridgehead atoms. The van der Waals surface area contributed by atoms with Gasteiger partial charge in [-0.15, -0.1) is 0 Å². The normalized spacial score (nSPS) is 13.9. The first-order valence-corrected chi connectivity index (χ1v) is 16.4. The number of rotatable bonds is 13. The van der Waals surface area contributed by atoms with E-state index in [1.165, 1.54) is 11.1 Å². The third kappa shape index (κ3) is 9.61. The highest BCUT2D eigenvalue weighted by Gasteiger charge is 2.25. The summed E-state index contributed by atoms with van der Waals surface area (Å²) in [6, 6.07) is 33.3. The van der Waals surface area contributed by atoms with E-state index in [2.05, 4.69) is 53.9 Å². The Hall–Kier alpha value is -4.79. The standard InChI is InChI=1S/C39H44N4O4/c1-43(2,26-12-23-40-38(45)36-19-9-8-17-33(36)29-44)28-32-16-7-6-15-31(32)27-42-24-21-34(22-25-42)47-39(46)41-37-20-11-10-18-35(37)30-13-4-3-5-14-30/h3-11,13-20,29,34H,12,21-28H2,1-2H3,(H-,40,41,45,46)/p+1. The van der Waals surface area contributed by atoms with E-state index in [-0.39, 0.29) is 12.0 Å². The molecule has 0 aliphatic carbocycles. The molecule has 0 saturated carbocycles. The van der Waals surface area contributed by atoms with Crippen LogP contribution in [0.1, 0.15) is 51.1 Å². The van der Waals surface area contributed by atoms with Crippen LogP contribution < -0.4 is 10.6 Å². The molecule has 8 nitrogen and oxygen atoms in total. The highest BCUT2D eigenvalue weighted by Crippen LogP contribution is 2.28. The van der Waals surface area contributed by atoms with Gasteiger partial charge >= 0.3 is 6.09 Å². The quantitative estimate of drug-likeness (QED) is 0.0964. The number of likely N-dealkylation sites (tertiary alicyclic amines) is 1. The van der Waals surface area contributed by atoms with Crippen molar-refractivity contribution < 1.29 is 23.6 Å². The fourth-order valence-corrected chi connectivity index (χ4v) is 6.20. The number of nitrogens with one attached hydrogen (secondary N) is 2. The molecule has 5 rings (SSSR count). The first kappa shape index (κ1) is 33.6. The largest absolute Gasteiger partial charge is 0.446 e. The molecule has 1 aliphatic heterocycles. The van der Waals surface area contributed by atoms with Crippen LogP contribution in [-0.4, -0.2) is 74.0 Å². The first-order valence-electron chi connectivity index (χ1n) is 16.4. The van der Waals surface area contributed by atoms with Gasteiger partial charge in [-0.3, -0.25) is 19.8 Å². The zero-order valence-electron chi connectivity index (χ0n) is 27.4. The maximum atomic E-state index is 12.9. The zero-order chi connectivity index (χ0) is 33.1. The van der Waals surface area contributed by atoms with Crippen LogP contribution in [0.3, 0.4) is 0 Å². The molecule has 0 spiro atoms. The molecular formula is C39H45N4O4+. The van der Waals surface area contributed by atoms with Crippen LogP contribution in [0.15, 0.2) is 103 Å². The Morgan fingerprint density at radius 2 is 1.51 bits per heavy atom. The number of aldehydes is 1. The fraction of sp³-hybridized carbons (Fsp3) is 0.308. The van der Waals surface area contributed by atoms with Crippen LogP contribution >= 0.6 is 0 Å². The second-order valence-electron chi connectivity index (χ2n) is 12.8. The number of hydrogen-bond acceptors (Lipinski definition) is 5. The molecule has 47 heavy (non-hydrogen) atoms. The molecule has 0 radical (unpaired) electrons. The molecule has 2 amide bonds. The highest BCUT2D eigenvalue weighted by molar-refractivity contribution is 6.01. The van der Waals surface area contributed by atoms with E-state index in [4.69, 9.17) is 4.74 Å². The monoisotopic (exact) mass is 633 g/mol. The third-order valence-corrected chi connectivity index (χ3v) is 8.73. The summed E-state index contributed by atoms with van der Waals surface area (Å²) < 4.78 is 6.64. The van der Waals surface area contributed by atoms with Gasteiger partial charge < -0.3 is 14.5 Å². The van der Waals surface area contributed by atoms with Crippen LogP contribution in [0.25, 0.3) is 11.1 Å². The molecule has 244 valence electrons. The van der Waals surface area contributed by atoms with Crippen molar-refractivity contribution in [3.63, 3.8) is 0 Å². The topological polar surface area (TPSA) is 87.7 Å². The Morgan fingerprint density at radius 3 is 2.28 bits per heavy atom. The Bertz CT molecular complexity index is 1650. The number of anilines is 1. The van der Waals surface area contributed by atoms with Crippen LogP contribution in [0, 0.1) is 0 Å². The van der Waals surface area contributed by atoms with Crippen molar-refractivity contribution in [1.82, 2.24) is 10.2 Å². The molecule has 1 aliphatic rings. The molecule has 0 atom stereocenters. The van der Waals surface area contributed by atoms with Crippen molar-refractivity contribution in [2.24, 2.45) is 0 Å². The van der Waals surface area contributed by atoms with E-state index in [1.807, 2.05) is 54.6 Å². The maximum absolute atomic E-state index is 12.9.